The van der Waals surface area contributed by atoms with Gasteiger partial charge in [0.1, 0.15) is 5.82 Å². The van der Waals surface area contributed by atoms with Gasteiger partial charge in [-0.1, -0.05) is 23.7 Å². The molecule has 0 saturated heterocycles. The Kier molecular flexibility index (Phi) is 4.21. The molecule has 0 heterocycles. The maximum atomic E-state index is 13.1. The number of hydrogen-bond acceptors (Lipinski definition) is 2. The lowest BCUT2D eigenvalue weighted by Crippen LogP contribution is -2.32. The Balaban J connectivity index is 1.78. The number of hydrogen-bond donors (Lipinski definition) is 1. The van der Waals surface area contributed by atoms with Crippen molar-refractivity contribution in [2.45, 2.75) is 30.1 Å². The molecule has 1 N–H and O–H groups in total. The first-order chi connectivity index (χ1) is 10.8. The third-order valence-corrected chi connectivity index (χ3v) is 6.15. The summed E-state index contributed by atoms with van der Waals surface area (Å²) in [7, 11) is -3.66. The van der Waals surface area contributed by atoms with Crippen LogP contribution >= 0.6 is 11.6 Å². The first kappa shape index (κ1) is 16.4. The third kappa shape index (κ3) is 3.42. The Hall–Kier alpha value is -1.43. The second kappa shape index (κ2) is 5.89. The van der Waals surface area contributed by atoms with E-state index in [0.29, 0.717) is 17.1 Å². The number of halogens is 2. The molecule has 122 valence electrons. The number of nitrogens with one attached hydrogen (secondary N) is 1. The van der Waals surface area contributed by atoms with Crippen molar-refractivity contribution in [2.24, 2.45) is 0 Å². The van der Waals surface area contributed by atoms with E-state index in [1.807, 2.05) is 24.3 Å². The predicted octanol–water partition coefficient (Wildman–Crippen LogP) is 3.80. The van der Waals surface area contributed by atoms with Crippen molar-refractivity contribution in [1.82, 2.24) is 4.72 Å². The molecule has 0 spiro atoms. The number of sulfonamides is 1. The van der Waals surface area contributed by atoms with Crippen LogP contribution < -0.4 is 4.72 Å². The standard InChI is InChI=1S/C17H17ClFNO2S/c1-12-10-15(19)6-7-16(12)23(21,22)20-11-17(8-9-17)13-2-4-14(18)5-3-13/h2-7,10,20H,8-9,11H2,1H3. The van der Waals surface area contributed by atoms with Crippen LogP contribution in [-0.2, 0) is 15.4 Å². The largest absolute Gasteiger partial charge is 0.240 e. The molecule has 1 aliphatic rings. The molecule has 0 atom stereocenters. The Bertz CT molecular complexity index is 830. The molecule has 0 bridgehead atoms. The molecule has 0 aromatic heterocycles. The molecule has 2 aromatic rings. The van der Waals surface area contributed by atoms with Crippen LogP contribution in [0.5, 0.6) is 0 Å². The average Bonchev–Trinajstić information content (AvgIpc) is 3.27. The van der Waals surface area contributed by atoms with E-state index in [-0.39, 0.29) is 10.3 Å². The van der Waals surface area contributed by atoms with Crippen LogP contribution in [0.2, 0.25) is 5.02 Å². The van der Waals surface area contributed by atoms with Gasteiger partial charge in [-0.15, -0.1) is 0 Å². The lowest BCUT2D eigenvalue weighted by molar-refractivity contribution is 0.565. The summed E-state index contributed by atoms with van der Waals surface area (Å²) >= 11 is 5.90. The van der Waals surface area contributed by atoms with Gasteiger partial charge >= 0.3 is 0 Å². The molecule has 3 rings (SSSR count). The highest BCUT2D eigenvalue weighted by Crippen LogP contribution is 2.48. The van der Waals surface area contributed by atoms with Crippen molar-refractivity contribution in [1.29, 1.82) is 0 Å². The SMILES string of the molecule is Cc1cc(F)ccc1S(=O)(=O)NCC1(c2ccc(Cl)cc2)CC1. The Morgan fingerprint density at radius 2 is 1.83 bits per heavy atom. The summed E-state index contributed by atoms with van der Waals surface area (Å²) in [6.07, 6.45) is 1.86. The number of rotatable bonds is 5. The van der Waals surface area contributed by atoms with Gasteiger partial charge in [-0.25, -0.2) is 17.5 Å². The highest BCUT2D eigenvalue weighted by molar-refractivity contribution is 7.89. The predicted molar refractivity (Wildman–Crippen MR) is 88.7 cm³/mol. The molecular weight excluding hydrogens is 337 g/mol. The summed E-state index contributed by atoms with van der Waals surface area (Å²) in [6.45, 7) is 1.91. The minimum atomic E-state index is -3.66. The fourth-order valence-corrected chi connectivity index (χ4v) is 4.22. The zero-order chi connectivity index (χ0) is 16.7. The van der Waals surface area contributed by atoms with Gasteiger partial charge in [0.25, 0.3) is 0 Å². The van der Waals surface area contributed by atoms with Gasteiger partial charge in [-0.2, -0.15) is 0 Å². The molecule has 1 aliphatic carbocycles. The highest BCUT2D eigenvalue weighted by atomic mass is 35.5. The van der Waals surface area contributed by atoms with E-state index in [0.717, 1.165) is 24.5 Å². The second-order valence-corrected chi connectivity index (χ2v) is 8.19. The van der Waals surface area contributed by atoms with Crippen LogP contribution in [0.1, 0.15) is 24.0 Å². The van der Waals surface area contributed by atoms with E-state index < -0.39 is 15.8 Å². The number of benzene rings is 2. The van der Waals surface area contributed by atoms with E-state index in [1.165, 1.54) is 12.1 Å². The van der Waals surface area contributed by atoms with Crippen molar-refractivity contribution < 1.29 is 12.8 Å². The molecule has 3 nitrogen and oxygen atoms in total. The van der Waals surface area contributed by atoms with E-state index in [2.05, 4.69) is 4.72 Å². The summed E-state index contributed by atoms with van der Waals surface area (Å²) in [4.78, 5) is 0.116. The zero-order valence-corrected chi connectivity index (χ0v) is 14.2. The lowest BCUT2D eigenvalue weighted by atomic mass is 9.96. The molecule has 2 aromatic carbocycles. The monoisotopic (exact) mass is 353 g/mol. The topological polar surface area (TPSA) is 46.2 Å². The Labute approximate surface area is 140 Å². The van der Waals surface area contributed by atoms with Gasteiger partial charge in [0.15, 0.2) is 0 Å². The molecule has 23 heavy (non-hydrogen) atoms. The van der Waals surface area contributed by atoms with E-state index in [9.17, 15) is 12.8 Å². The molecular formula is C17H17ClFNO2S. The fraction of sp³-hybridized carbons (Fsp3) is 0.294. The molecule has 0 unspecified atom stereocenters. The first-order valence-corrected chi connectivity index (χ1v) is 9.20. The van der Waals surface area contributed by atoms with Crippen molar-refractivity contribution in [3.63, 3.8) is 0 Å². The van der Waals surface area contributed by atoms with Gasteiger partial charge in [0.2, 0.25) is 10.0 Å². The van der Waals surface area contributed by atoms with Crippen molar-refractivity contribution >= 4 is 21.6 Å². The Morgan fingerprint density at radius 1 is 1.17 bits per heavy atom. The van der Waals surface area contributed by atoms with Gasteiger partial charge < -0.3 is 0 Å². The van der Waals surface area contributed by atoms with Crippen molar-refractivity contribution in [3.8, 4) is 0 Å². The highest BCUT2D eigenvalue weighted by Gasteiger charge is 2.44. The molecule has 1 saturated carbocycles. The van der Waals surface area contributed by atoms with Crippen LogP contribution in [-0.4, -0.2) is 15.0 Å². The molecule has 6 heteroatoms. The van der Waals surface area contributed by atoms with Crippen LogP contribution in [0.4, 0.5) is 4.39 Å². The van der Waals surface area contributed by atoms with E-state index in [1.54, 1.807) is 6.92 Å². The van der Waals surface area contributed by atoms with Gasteiger partial charge in [-0.05, 0) is 61.2 Å². The fourth-order valence-electron chi connectivity index (χ4n) is 2.75. The molecule has 0 radical (unpaired) electrons. The third-order valence-electron chi connectivity index (χ3n) is 4.34. The summed E-state index contributed by atoms with van der Waals surface area (Å²) < 4.78 is 40.8. The van der Waals surface area contributed by atoms with Crippen LogP contribution in [0.25, 0.3) is 0 Å². The minimum Gasteiger partial charge on any atom is -0.210 e. The van der Waals surface area contributed by atoms with Crippen molar-refractivity contribution in [3.05, 3.63) is 64.4 Å². The normalized spacial score (nSPS) is 16.3. The molecule has 1 fully saturated rings. The van der Waals surface area contributed by atoms with E-state index >= 15 is 0 Å². The maximum absolute atomic E-state index is 13.1. The average molecular weight is 354 g/mol. The summed E-state index contributed by atoms with van der Waals surface area (Å²) in [6, 6.07) is 11.2. The summed E-state index contributed by atoms with van der Waals surface area (Å²) in [5.74, 6) is -0.443. The quantitative estimate of drug-likeness (QED) is 0.888. The van der Waals surface area contributed by atoms with Gasteiger partial charge in [0.05, 0.1) is 4.90 Å². The molecule has 0 aliphatic heterocycles. The van der Waals surface area contributed by atoms with E-state index in [4.69, 9.17) is 11.6 Å². The minimum absolute atomic E-state index is 0.116. The number of aryl methyl sites for hydroxylation is 1. The molecule has 0 amide bonds. The van der Waals surface area contributed by atoms with Crippen molar-refractivity contribution in [2.75, 3.05) is 6.54 Å². The maximum Gasteiger partial charge on any atom is 0.240 e. The first-order valence-electron chi connectivity index (χ1n) is 7.34. The summed E-state index contributed by atoms with van der Waals surface area (Å²) in [5, 5.41) is 0.659. The second-order valence-electron chi connectivity index (χ2n) is 6.02. The van der Waals surface area contributed by atoms with Gasteiger partial charge in [-0.3, -0.25) is 0 Å². The zero-order valence-electron chi connectivity index (χ0n) is 12.6. The van der Waals surface area contributed by atoms with Crippen LogP contribution in [0, 0.1) is 12.7 Å². The smallest absolute Gasteiger partial charge is 0.210 e. The summed E-state index contributed by atoms with van der Waals surface area (Å²) in [5.41, 5.74) is 1.32. The Morgan fingerprint density at radius 3 is 2.39 bits per heavy atom. The van der Waals surface area contributed by atoms with Crippen LogP contribution in [0.3, 0.4) is 0 Å². The van der Waals surface area contributed by atoms with Crippen LogP contribution in [0.15, 0.2) is 47.4 Å². The van der Waals surface area contributed by atoms with Gasteiger partial charge in [0, 0.05) is 17.0 Å². The lowest BCUT2D eigenvalue weighted by Gasteiger charge is -2.17.